The van der Waals surface area contributed by atoms with Gasteiger partial charge in [-0.1, -0.05) is 0 Å². The Kier molecular flexibility index (Phi) is 3.61. The van der Waals surface area contributed by atoms with Gasteiger partial charge in [-0.3, -0.25) is 10.1 Å². The number of nitrogens with one attached hydrogen (secondary N) is 2. The molecule has 0 saturated carbocycles. The zero-order valence-corrected chi connectivity index (χ0v) is 9.06. The van der Waals surface area contributed by atoms with Crippen LogP contribution >= 0.6 is 0 Å². The van der Waals surface area contributed by atoms with E-state index in [0.717, 1.165) is 18.2 Å². The second kappa shape index (κ2) is 4.62. The highest BCUT2D eigenvalue weighted by molar-refractivity contribution is 7.93. The maximum atomic E-state index is 13.3. The van der Waals surface area contributed by atoms with E-state index in [9.17, 15) is 21.6 Å². The van der Waals surface area contributed by atoms with Crippen molar-refractivity contribution < 1.29 is 21.6 Å². The highest BCUT2D eigenvalue weighted by atomic mass is 32.2. The van der Waals surface area contributed by atoms with Crippen LogP contribution in [-0.2, 0) is 10.0 Å². The fraction of sp³-hybridized carbons (Fsp3) is 0.125. The van der Waals surface area contributed by atoms with Gasteiger partial charge < -0.3 is 5.73 Å². The molecule has 0 radical (unpaired) electrons. The molecule has 0 unspecified atom stereocenters. The van der Waals surface area contributed by atoms with Crippen LogP contribution in [0.5, 0.6) is 0 Å². The summed E-state index contributed by atoms with van der Waals surface area (Å²) in [5, 5.41) is 7.00. The molecule has 9 heteroatoms. The Morgan fingerprint density at radius 2 is 2.00 bits per heavy atom. The average Bonchev–Trinajstić information content (AvgIpc) is 2.20. The normalized spacial score (nSPS) is 11.5. The molecule has 0 spiro atoms. The van der Waals surface area contributed by atoms with Crippen molar-refractivity contribution in [1.82, 2.24) is 0 Å². The third-order valence-electron chi connectivity index (χ3n) is 1.77. The summed E-state index contributed by atoms with van der Waals surface area (Å²) in [6, 6.07) is 2.81. The third-order valence-corrected chi connectivity index (χ3v) is 2.74. The van der Waals surface area contributed by atoms with Crippen molar-refractivity contribution in [3.05, 3.63) is 29.6 Å². The number of benzene rings is 1. The Bertz CT molecular complexity index is 545. The lowest BCUT2D eigenvalue weighted by Crippen LogP contribution is -2.21. The smallest absolute Gasteiger partial charge is 0.355 e. The van der Waals surface area contributed by atoms with Gasteiger partial charge in [-0.15, -0.1) is 0 Å². The minimum absolute atomic E-state index is 0.0162. The number of hydrogen-bond donors (Lipinski definition) is 3. The summed E-state index contributed by atoms with van der Waals surface area (Å²) in [6.45, 7) is 0. The van der Waals surface area contributed by atoms with E-state index in [1.807, 2.05) is 0 Å². The van der Waals surface area contributed by atoms with Crippen molar-refractivity contribution >= 4 is 21.5 Å². The molecule has 1 aromatic carbocycles. The molecule has 0 aliphatic carbocycles. The maximum absolute atomic E-state index is 13.3. The Morgan fingerprint density at radius 3 is 2.41 bits per heavy atom. The molecule has 0 saturated heterocycles. The minimum atomic E-state index is -4.92. The molecule has 0 bridgehead atoms. The number of nitrogen functional groups attached to an aromatic ring is 1. The van der Waals surface area contributed by atoms with Gasteiger partial charge in [0.25, 0.3) is 10.0 Å². The minimum Gasteiger partial charge on any atom is -0.384 e. The van der Waals surface area contributed by atoms with Crippen LogP contribution in [0.15, 0.2) is 18.2 Å². The molecule has 17 heavy (non-hydrogen) atoms. The van der Waals surface area contributed by atoms with Crippen molar-refractivity contribution in [3.63, 3.8) is 0 Å². The van der Waals surface area contributed by atoms with Gasteiger partial charge in [0.1, 0.15) is 11.7 Å². The Morgan fingerprint density at radius 1 is 1.41 bits per heavy atom. The van der Waals surface area contributed by atoms with Gasteiger partial charge in [-0.2, -0.15) is 8.78 Å². The third kappa shape index (κ3) is 3.09. The van der Waals surface area contributed by atoms with E-state index in [0.29, 0.717) is 0 Å². The van der Waals surface area contributed by atoms with E-state index >= 15 is 0 Å². The van der Waals surface area contributed by atoms with Crippen molar-refractivity contribution in [1.29, 1.82) is 5.41 Å². The lowest BCUT2D eigenvalue weighted by molar-refractivity contribution is 0.236. The topological polar surface area (TPSA) is 96.0 Å². The Hall–Kier alpha value is -1.77. The van der Waals surface area contributed by atoms with Crippen molar-refractivity contribution in [2.24, 2.45) is 5.73 Å². The van der Waals surface area contributed by atoms with Crippen LogP contribution < -0.4 is 10.5 Å². The second-order valence-corrected chi connectivity index (χ2v) is 4.67. The van der Waals surface area contributed by atoms with Crippen LogP contribution in [0.2, 0.25) is 0 Å². The molecule has 1 aromatic rings. The number of rotatable bonds is 4. The second-order valence-electron chi connectivity index (χ2n) is 3.02. The molecule has 0 atom stereocenters. The van der Waals surface area contributed by atoms with Gasteiger partial charge >= 0.3 is 5.76 Å². The van der Waals surface area contributed by atoms with Crippen LogP contribution in [0, 0.1) is 11.2 Å². The molecule has 1 rings (SSSR count). The molecule has 0 aromatic heterocycles. The molecular weight excluding hydrogens is 259 g/mol. The Labute approximate surface area is 95.0 Å². The lowest BCUT2D eigenvalue weighted by Gasteiger charge is -2.08. The molecule has 94 valence electrons. The summed E-state index contributed by atoms with van der Waals surface area (Å²) in [5.74, 6) is -5.18. The van der Waals surface area contributed by atoms with Crippen LogP contribution in [0.25, 0.3) is 0 Å². The van der Waals surface area contributed by atoms with Gasteiger partial charge in [0.05, 0.1) is 5.69 Å². The zero-order valence-electron chi connectivity index (χ0n) is 8.25. The van der Waals surface area contributed by atoms with E-state index in [4.69, 9.17) is 11.1 Å². The molecule has 4 N–H and O–H groups in total. The number of sulfonamides is 1. The molecule has 0 fully saturated rings. The first kappa shape index (κ1) is 13.3. The van der Waals surface area contributed by atoms with E-state index in [1.165, 1.54) is 4.72 Å². The SMILES string of the molecule is N=C(N)c1ccc(NS(=O)(=O)C(F)F)c(F)c1. The quantitative estimate of drug-likeness (QED) is 0.562. The maximum Gasteiger partial charge on any atom is 0.355 e. The first-order chi connectivity index (χ1) is 7.74. The van der Waals surface area contributed by atoms with Crippen LogP contribution in [0.3, 0.4) is 0 Å². The summed E-state index contributed by atoms with van der Waals surface area (Å²) >= 11 is 0. The van der Waals surface area contributed by atoms with Gasteiger partial charge in [0, 0.05) is 5.56 Å². The lowest BCUT2D eigenvalue weighted by atomic mass is 10.2. The number of hydrogen-bond acceptors (Lipinski definition) is 3. The monoisotopic (exact) mass is 267 g/mol. The number of amidine groups is 1. The first-order valence-corrected chi connectivity index (χ1v) is 5.72. The van der Waals surface area contributed by atoms with E-state index < -0.39 is 33.1 Å². The highest BCUT2D eigenvalue weighted by Crippen LogP contribution is 2.19. The van der Waals surface area contributed by atoms with Crippen molar-refractivity contribution in [2.75, 3.05) is 4.72 Å². The highest BCUT2D eigenvalue weighted by Gasteiger charge is 2.24. The van der Waals surface area contributed by atoms with Crippen molar-refractivity contribution in [3.8, 4) is 0 Å². The first-order valence-electron chi connectivity index (χ1n) is 4.18. The standard InChI is InChI=1S/C8H8F3N3O2S/c9-5-3-4(7(12)13)1-2-6(5)14-17(15,16)8(10)11/h1-3,8,14H,(H3,12,13). The van der Waals surface area contributed by atoms with E-state index in [2.05, 4.69) is 0 Å². The molecule has 0 aliphatic rings. The average molecular weight is 267 g/mol. The van der Waals surface area contributed by atoms with Crippen LogP contribution in [-0.4, -0.2) is 20.0 Å². The summed E-state index contributed by atoms with van der Waals surface area (Å²) in [5.41, 5.74) is 4.45. The summed E-state index contributed by atoms with van der Waals surface area (Å²) in [4.78, 5) is 0. The number of halogens is 3. The number of anilines is 1. The van der Waals surface area contributed by atoms with Crippen LogP contribution in [0.4, 0.5) is 18.9 Å². The fourth-order valence-electron chi connectivity index (χ4n) is 0.963. The number of nitrogens with two attached hydrogens (primary N) is 1. The molecule has 0 aliphatic heterocycles. The van der Waals surface area contributed by atoms with Gasteiger partial charge in [0.15, 0.2) is 0 Å². The van der Waals surface area contributed by atoms with Crippen LogP contribution in [0.1, 0.15) is 5.56 Å². The molecule has 0 heterocycles. The van der Waals surface area contributed by atoms with Crippen molar-refractivity contribution in [2.45, 2.75) is 5.76 Å². The summed E-state index contributed by atoms with van der Waals surface area (Å²) in [6.07, 6.45) is 0. The molecular formula is C8H8F3N3O2S. The molecule has 0 amide bonds. The predicted octanol–water partition coefficient (Wildman–Crippen LogP) is 1.07. The van der Waals surface area contributed by atoms with Gasteiger partial charge in [0.2, 0.25) is 0 Å². The molecule has 5 nitrogen and oxygen atoms in total. The zero-order chi connectivity index (χ0) is 13.2. The van der Waals surface area contributed by atoms with E-state index in [1.54, 1.807) is 0 Å². The predicted molar refractivity (Wildman–Crippen MR) is 56.0 cm³/mol. The largest absolute Gasteiger partial charge is 0.384 e. The number of alkyl halides is 2. The Balaban J connectivity index is 3.06. The summed E-state index contributed by atoms with van der Waals surface area (Å²) < 4.78 is 60.2. The fourth-order valence-corrected chi connectivity index (χ4v) is 1.52. The van der Waals surface area contributed by atoms with Gasteiger partial charge in [-0.05, 0) is 18.2 Å². The van der Waals surface area contributed by atoms with Gasteiger partial charge in [-0.25, -0.2) is 12.8 Å². The summed E-state index contributed by atoms with van der Waals surface area (Å²) in [7, 11) is -4.92. The van der Waals surface area contributed by atoms with E-state index in [-0.39, 0.29) is 5.56 Å².